The number of hydrogen-bond acceptors (Lipinski definition) is 3. The molecular weight excluding hydrogens is 310 g/mol. The molecule has 2 atom stereocenters. The van der Waals surface area contributed by atoms with Crippen molar-refractivity contribution in [1.82, 2.24) is 0 Å². The van der Waals surface area contributed by atoms with E-state index in [4.69, 9.17) is 10.7 Å². The number of carbonyl (C=O) groups excluding carboxylic acids is 1. The summed E-state index contributed by atoms with van der Waals surface area (Å²) in [5.41, 5.74) is 2.20. The fraction of sp³-hybridized carbons (Fsp3) is 0.533. The highest BCUT2D eigenvalue weighted by molar-refractivity contribution is 8.13. The summed E-state index contributed by atoms with van der Waals surface area (Å²) < 4.78 is 23.1. The van der Waals surface area contributed by atoms with E-state index < -0.39 is 9.05 Å². The van der Waals surface area contributed by atoms with Crippen LogP contribution in [0, 0.1) is 18.8 Å². The van der Waals surface area contributed by atoms with Crippen LogP contribution in [-0.4, -0.2) is 14.3 Å². The molecule has 1 amide bonds. The first kappa shape index (κ1) is 16.3. The van der Waals surface area contributed by atoms with Crippen LogP contribution in [0.5, 0.6) is 0 Å². The minimum Gasteiger partial charge on any atom is -0.325 e. The highest BCUT2D eigenvalue weighted by Gasteiger charge is 2.39. The monoisotopic (exact) mass is 329 g/mol. The molecule has 1 saturated carbocycles. The highest BCUT2D eigenvalue weighted by atomic mass is 35.7. The first-order valence-corrected chi connectivity index (χ1v) is 9.32. The van der Waals surface area contributed by atoms with Crippen molar-refractivity contribution < 1.29 is 13.2 Å². The van der Waals surface area contributed by atoms with E-state index in [1.807, 2.05) is 20.8 Å². The third kappa shape index (κ3) is 3.58. The fourth-order valence-corrected chi connectivity index (χ4v) is 3.30. The first-order valence-electron chi connectivity index (χ1n) is 7.01. The summed E-state index contributed by atoms with van der Waals surface area (Å²) in [4.78, 5) is 12.2. The smallest absolute Gasteiger partial charge is 0.261 e. The SMILES string of the molecule is Cc1cc(S(=O)(=O)Cl)cc(C(C)C)c1NC(=O)C1CC1C. The number of benzene rings is 1. The number of halogens is 1. The zero-order valence-corrected chi connectivity index (χ0v) is 14.2. The minimum atomic E-state index is -3.78. The summed E-state index contributed by atoms with van der Waals surface area (Å²) in [6, 6.07) is 3.05. The van der Waals surface area contributed by atoms with Gasteiger partial charge in [0.05, 0.1) is 4.90 Å². The summed E-state index contributed by atoms with van der Waals surface area (Å²) in [7, 11) is 1.65. The van der Waals surface area contributed by atoms with Crippen molar-refractivity contribution in [3.8, 4) is 0 Å². The third-order valence-corrected chi connectivity index (χ3v) is 5.27. The van der Waals surface area contributed by atoms with E-state index in [1.54, 1.807) is 13.0 Å². The van der Waals surface area contributed by atoms with Crippen LogP contribution in [0.3, 0.4) is 0 Å². The van der Waals surface area contributed by atoms with Gasteiger partial charge in [-0.3, -0.25) is 4.79 Å². The van der Waals surface area contributed by atoms with Crippen molar-refractivity contribution >= 4 is 31.3 Å². The maximum Gasteiger partial charge on any atom is 0.261 e. The zero-order chi connectivity index (χ0) is 15.9. The predicted molar refractivity (Wildman–Crippen MR) is 84.2 cm³/mol. The average Bonchev–Trinajstić information content (AvgIpc) is 3.07. The molecule has 6 heteroatoms. The van der Waals surface area contributed by atoms with E-state index in [0.717, 1.165) is 12.0 Å². The van der Waals surface area contributed by atoms with E-state index in [-0.39, 0.29) is 22.6 Å². The van der Waals surface area contributed by atoms with Crippen molar-refractivity contribution in [2.45, 2.75) is 44.9 Å². The summed E-state index contributed by atoms with van der Waals surface area (Å²) >= 11 is 0. The van der Waals surface area contributed by atoms with E-state index in [1.165, 1.54) is 6.07 Å². The molecule has 1 N–H and O–H groups in total. The normalized spacial score (nSPS) is 21.4. The number of anilines is 1. The molecule has 1 aromatic carbocycles. The molecule has 0 heterocycles. The van der Waals surface area contributed by atoms with Gasteiger partial charge in [0.2, 0.25) is 5.91 Å². The number of hydrogen-bond donors (Lipinski definition) is 1. The number of rotatable bonds is 4. The Morgan fingerprint density at radius 1 is 1.38 bits per heavy atom. The van der Waals surface area contributed by atoms with Crippen LogP contribution < -0.4 is 5.32 Å². The molecular formula is C15H20ClNO3S. The van der Waals surface area contributed by atoms with Crippen molar-refractivity contribution in [2.75, 3.05) is 5.32 Å². The Hall–Kier alpha value is -1.07. The Kier molecular flexibility index (Phi) is 4.36. The van der Waals surface area contributed by atoms with Gasteiger partial charge in [-0.05, 0) is 48.4 Å². The number of aryl methyl sites for hydroxylation is 1. The van der Waals surface area contributed by atoms with Gasteiger partial charge in [-0.1, -0.05) is 20.8 Å². The first-order chi connectivity index (χ1) is 9.61. The van der Waals surface area contributed by atoms with E-state index in [2.05, 4.69) is 5.32 Å². The van der Waals surface area contributed by atoms with Gasteiger partial charge in [-0.25, -0.2) is 8.42 Å². The molecule has 2 unspecified atom stereocenters. The fourth-order valence-electron chi connectivity index (χ4n) is 2.45. The molecule has 1 aliphatic carbocycles. The van der Waals surface area contributed by atoms with E-state index in [0.29, 0.717) is 17.2 Å². The van der Waals surface area contributed by atoms with Gasteiger partial charge < -0.3 is 5.32 Å². The minimum absolute atomic E-state index is 0.00832. The van der Waals surface area contributed by atoms with Gasteiger partial charge in [0.15, 0.2) is 0 Å². The second-order valence-electron chi connectivity index (χ2n) is 6.11. The van der Waals surface area contributed by atoms with E-state index >= 15 is 0 Å². The van der Waals surface area contributed by atoms with E-state index in [9.17, 15) is 13.2 Å². The van der Waals surface area contributed by atoms with Gasteiger partial charge in [-0.2, -0.15) is 0 Å². The molecule has 1 fully saturated rings. The lowest BCUT2D eigenvalue weighted by Crippen LogP contribution is -2.17. The van der Waals surface area contributed by atoms with Crippen molar-refractivity contribution in [1.29, 1.82) is 0 Å². The molecule has 0 bridgehead atoms. The molecule has 0 saturated heterocycles. The molecule has 2 rings (SSSR count). The molecule has 0 spiro atoms. The summed E-state index contributed by atoms with van der Waals surface area (Å²) in [5.74, 6) is 0.583. The Morgan fingerprint density at radius 2 is 1.95 bits per heavy atom. The van der Waals surface area contributed by atoms with Crippen LogP contribution in [0.4, 0.5) is 5.69 Å². The standard InChI is InChI=1S/C15H20ClNO3S/c1-8(2)12-7-11(21(16,19)20)5-10(4)14(12)17-15(18)13-6-9(13)3/h5,7-9,13H,6H2,1-4H3,(H,17,18). The summed E-state index contributed by atoms with van der Waals surface area (Å²) in [6.07, 6.45) is 0.913. The lowest BCUT2D eigenvalue weighted by atomic mass is 9.98. The van der Waals surface area contributed by atoms with Crippen LogP contribution in [0.25, 0.3) is 0 Å². The second kappa shape index (κ2) is 5.61. The van der Waals surface area contributed by atoms with Crippen molar-refractivity contribution in [2.24, 2.45) is 11.8 Å². The number of amides is 1. The summed E-state index contributed by atoms with van der Waals surface area (Å²) in [5, 5.41) is 2.95. The van der Waals surface area contributed by atoms with Gasteiger partial charge in [0.25, 0.3) is 9.05 Å². The molecule has 1 aromatic rings. The third-order valence-electron chi connectivity index (χ3n) is 3.94. The van der Waals surface area contributed by atoms with Crippen LogP contribution in [0.1, 0.15) is 44.2 Å². The quantitative estimate of drug-likeness (QED) is 0.858. The number of carbonyl (C=O) groups is 1. The van der Waals surface area contributed by atoms with Crippen LogP contribution in [0.2, 0.25) is 0 Å². The van der Waals surface area contributed by atoms with Gasteiger partial charge in [-0.15, -0.1) is 0 Å². The topological polar surface area (TPSA) is 63.2 Å². The van der Waals surface area contributed by atoms with Gasteiger partial charge in [0, 0.05) is 22.3 Å². The Balaban J connectivity index is 2.42. The van der Waals surface area contributed by atoms with Crippen molar-refractivity contribution in [3.05, 3.63) is 23.3 Å². The highest BCUT2D eigenvalue weighted by Crippen LogP contribution is 2.40. The Morgan fingerprint density at radius 3 is 2.38 bits per heavy atom. The van der Waals surface area contributed by atoms with Gasteiger partial charge in [0.1, 0.15) is 0 Å². The Bertz CT molecular complexity index is 682. The molecule has 116 valence electrons. The Labute approximate surface area is 130 Å². The predicted octanol–water partition coefficient (Wildman–Crippen LogP) is 3.64. The molecule has 21 heavy (non-hydrogen) atoms. The molecule has 0 aromatic heterocycles. The molecule has 1 aliphatic rings. The molecule has 0 aliphatic heterocycles. The maximum absolute atomic E-state index is 12.1. The van der Waals surface area contributed by atoms with Crippen LogP contribution >= 0.6 is 10.7 Å². The lowest BCUT2D eigenvalue weighted by molar-refractivity contribution is -0.117. The van der Waals surface area contributed by atoms with Crippen LogP contribution in [-0.2, 0) is 13.8 Å². The lowest BCUT2D eigenvalue weighted by Gasteiger charge is -2.18. The molecule has 4 nitrogen and oxygen atoms in total. The average molecular weight is 330 g/mol. The zero-order valence-electron chi connectivity index (χ0n) is 12.6. The molecule has 0 radical (unpaired) electrons. The largest absolute Gasteiger partial charge is 0.325 e. The number of nitrogens with one attached hydrogen (secondary N) is 1. The second-order valence-corrected chi connectivity index (χ2v) is 8.67. The van der Waals surface area contributed by atoms with Crippen LogP contribution in [0.15, 0.2) is 17.0 Å². The summed E-state index contributed by atoms with van der Waals surface area (Å²) in [6.45, 7) is 7.73. The van der Waals surface area contributed by atoms with Crippen molar-refractivity contribution in [3.63, 3.8) is 0 Å². The van der Waals surface area contributed by atoms with Gasteiger partial charge >= 0.3 is 0 Å². The maximum atomic E-state index is 12.1.